The molecule has 0 amide bonds. The SMILES string of the molecule is Cn1cncc1C(CN)Nc1ccccc1. The molecule has 3 N–H and O–H groups in total. The number of rotatable bonds is 4. The van der Waals surface area contributed by atoms with E-state index in [1.54, 1.807) is 6.33 Å². The van der Waals surface area contributed by atoms with Crippen LogP contribution >= 0.6 is 0 Å². The minimum Gasteiger partial charge on any atom is -0.375 e. The van der Waals surface area contributed by atoms with E-state index in [0.717, 1.165) is 11.4 Å². The first-order valence-corrected chi connectivity index (χ1v) is 5.29. The molecule has 4 nitrogen and oxygen atoms in total. The molecule has 0 saturated heterocycles. The lowest BCUT2D eigenvalue weighted by Crippen LogP contribution is -2.22. The number of benzene rings is 1. The van der Waals surface area contributed by atoms with Gasteiger partial charge in [-0.25, -0.2) is 4.98 Å². The molecular formula is C12H16N4. The van der Waals surface area contributed by atoms with Crippen LogP contribution in [0.25, 0.3) is 0 Å². The van der Waals surface area contributed by atoms with Gasteiger partial charge in [-0.3, -0.25) is 0 Å². The number of nitrogens with zero attached hydrogens (tertiary/aromatic N) is 2. The molecule has 0 saturated carbocycles. The maximum Gasteiger partial charge on any atom is 0.0946 e. The molecule has 1 aromatic heterocycles. The van der Waals surface area contributed by atoms with E-state index in [2.05, 4.69) is 10.3 Å². The molecule has 2 rings (SSSR count). The maximum absolute atomic E-state index is 5.78. The second kappa shape index (κ2) is 4.81. The summed E-state index contributed by atoms with van der Waals surface area (Å²) in [6.07, 6.45) is 3.62. The third-order valence-corrected chi connectivity index (χ3v) is 2.56. The van der Waals surface area contributed by atoms with E-state index < -0.39 is 0 Å². The average molecular weight is 216 g/mol. The summed E-state index contributed by atoms with van der Waals surface area (Å²) in [5.74, 6) is 0. The van der Waals surface area contributed by atoms with Crippen LogP contribution in [0.15, 0.2) is 42.9 Å². The molecule has 0 spiro atoms. The Morgan fingerprint density at radius 3 is 2.69 bits per heavy atom. The summed E-state index contributed by atoms with van der Waals surface area (Å²) >= 11 is 0. The molecule has 1 aromatic carbocycles. The van der Waals surface area contributed by atoms with Gasteiger partial charge in [0.1, 0.15) is 0 Å². The van der Waals surface area contributed by atoms with Crippen molar-refractivity contribution in [2.45, 2.75) is 6.04 Å². The van der Waals surface area contributed by atoms with E-state index in [-0.39, 0.29) is 6.04 Å². The van der Waals surface area contributed by atoms with E-state index in [9.17, 15) is 0 Å². The van der Waals surface area contributed by atoms with Gasteiger partial charge in [-0.2, -0.15) is 0 Å². The molecule has 0 radical (unpaired) electrons. The van der Waals surface area contributed by atoms with Gasteiger partial charge in [-0.15, -0.1) is 0 Å². The summed E-state index contributed by atoms with van der Waals surface area (Å²) in [6.45, 7) is 0.536. The molecular weight excluding hydrogens is 200 g/mol. The standard InChI is InChI=1S/C12H16N4/c1-16-9-14-8-12(16)11(7-13)15-10-5-3-2-4-6-10/h2-6,8-9,11,15H,7,13H2,1H3. The van der Waals surface area contributed by atoms with Gasteiger partial charge in [0.25, 0.3) is 0 Å². The molecule has 1 unspecified atom stereocenters. The Balaban J connectivity index is 2.16. The van der Waals surface area contributed by atoms with Gasteiger partial charge < -0.3 is 15.6 Å². The van der Waals surface area contributed by atoms with Gasteiger partial charge in [0.15, 0.2) is 0 Å². The van der Waals surface area contributed by atoms with Gasteiger partial charge in [0.2, 0.25) is 0 Å². The molecule has 16 heavy (non-hydrogen) atoms. The molecule has 1 heterocycles. The maximum atomic E-state index is 5.78. The summed E-state index contributed by atoms with van der Waals surface area (Å²) in [5.41, 5.74) is 7.93. The second-order valence-electron chi connectivity index (χ2n) is 3.73. The minimum atomic E-state index is 0.0925. The van der Waals surface area contributed by atoms with Crippen molar-refractivity contribution in [2.75, 3.05) is 11.9 Å². The Hall–Kier alpha value is -1.81. The molecule has 0 aliphatic carbocycles. The van der Waals surface area contributed by atoms with E-state index >= 15 is 0 Å². The fourth-order valence-electron chi connectivity index (χ4n) is 1.69. The van der Waals surface area contributed by atoms with E-state index in [1.165, 1.54) is 0 Å². The number of anilines is 1. The van der Waals surface area contributed by atoms with Crippen molar-refractivity contribution in [2.24, 2.45) is 12.8 Å². The zero-order chi connectivity index (χ0) is 11.4. The summed E-state index contributed by atoms with van der Waals surface area (Å²) in [4.78, 5) is 4.10. The zero-order valence-corrected chi connectivity index (χ0v) is 9.30. The normalized spacial score (nSPS) is 12.4. The molecule has 0 aliphatic rings. The average Bonchev–Trinajstić information content (AvgIpc) is 2.74. The zero-order valence-electron chi connectivity index (χ0n) is 9.30. The smallest absolute Gasteiger partial charge is 0.0946 e. The van der Waals surface area contributed by atoms with E-state index in [4.69, 9.17) is 5.73 Å². The van der Waals surface area contributed by atoms with Crippen LogP contribution in [0.5, 0.6) is 0 Å². The number of para-hydroxylation sites is 1. The fourth-order valence-corrected chi connectivity index (χ4v) is 1.69. The Labute approximate surface area is 95.1 Å². The fraction of sp³-hybridized carbons (Fsp3) is 0.250. The monoisotopic (exact) mass is 216 g/mol. The van der Waals surface area contributed by atoms with Crippen LogP contribution in [0.2, 0.25) is 0 Å². The largest absolute Gasteiger partial charge is 0.375 e. The number of hydrogen-bond acceptors (Lipinski definition) is 3. The van der Waals surface area contributed by atoms with Crippen LogP contribution in [0.3, 0.4) is 0 Å². The minimum absolute atomic E-state index is 0.0925. The quantitative estimate of drug-likeness (QED) is 0.815. The topological polar surface area (TPSA) is 55.9 Å². The van der Waals surface area contributed by atoms with Crippen LogP contribution in [0, 0.1) is 0 Å². The van der Waals surface area contributed by atoms with Crippen LogP contribution in [0.1, 0.15) is 11.7 Å². The van der Waals surface area contributed by atoms with Crippen molar-refractivity contribution < 1.29 is 0 Å². The molecule has 84 valence electrons. The van der Waals surface area contributed by atoms with Gasteiger partial charge in [-0.1, -0.05) is 18.2 Å². The highest BCUT2D eigenvalue weighted by atomic mass is 15.1. The lowest BCUT2D eigenvalue weighted by Gasteiger charge is -2.18. The number of nitrogens with two attached hydrogens (primary N) is 1. The first-order valence-electron chi connectivity index (χ1n) is 5.29. The Kier molecular flexibility index (Phi) is 3.22. The third-order valence-electron chi connectivity index (χ3n) is 2.56. The first kappa shape index (κ1) is 10.7. The predicted octanol–water partition coefficient (Wildman–Crippen LogP) is 1.53. The summed E-state index contributed by atoms with van der Waals surface area (Å²) in [6, 6.07) is 10.1. The molecule has 0 bridgehead atoms. The third kappa shape index (κ3) is 2.23. The van der Waals surface area contributed by atoms with Crippen LogP contribution < -0.4 is 11.1 Å². The Morgan fingerprint density at radius 1 is 1.38 bits per heavy atom. The summed E-state index contributed by atoms with van der Waals surface area (Å²) in [5, 5.41) is 3.39. The highest BCUT2D eigenvalue weighted by molar-refractivity contribution is 5.44. The van der Waals surface area contributed by atoms with E-state index in [0.29, 0.717) is 6.54 Å². The van der Waals surface area contributed by atoms with Crippen molar-refractivity contribution in [1.82, 2.24) is 9.55 Å². The number of imidazole rings is 1. The Bertz CT molecular complexity index is 435. The van der Waals surface area contributed by atoms with Crippen LogP contribution in [0.4, 0.5) is 5.69 Å². The molecule has 4 heteroatoms. The van der Waals surface area contributed by atoms with Gasteiger partial charge in [0.05, 0.1) is 24.3 Å². The molecule has 0 fully saturated rings. The van der Waals surface area contributed by atoms with Gasteiger partial charge in [0, 0.05) is 19.3 Å². The van der Waals surface area contributed by atoms with Crippen molar-refractivity contribution in [1.29, 1.82) is 0 Å². The van der Waals surface area contributed by atoms with Crippen molar-refractivity contribution >= 4 is 5.69 Å². The van der Waals surface area contributed by atoms with Crippen LogP contribution in [-0.4, -0.2) is 16.1 Å². The Morgan fingerprint density at radius 2 is 2.12 bits per heavy atom. The van der Waals surface area contributed by atoms with Gasteiger partial charge >= 0.3 is 0 Å². The summed E-state index contributed by atoms with van der Waals surface area (Å²) in [7, 11) is 1.97. The molecule has 0 aliphatic heterocycles. The summed E-state index contributed by atoms with van der Waals surface area (Å²) < 4.78 is 1.98. The van der Waals surface area contributed by atoms with E-state index in [1.807, 2.05) is 48.1 Å². The lowest BCUT2D eigenvalue weighted by atomic mass is 10.2. The first-order chi connectivity index (χ1) is 7.81. The highest BCUT2D eigenvalue weighted by Gasteiger charge is 2.12. The number of nitrogens with one attached hydrogen (secondary N) is 1. The highest BCUT2D eigenvalue weighted by Crippen LogP contribution is 2.17. The number of aryl methyl sites for hydroxylation is 1. The van der Waals surface area contributed by atoms with Crippen molar-refractivity contribution in [3.63, 3.8) is 0 Å². The van der Waals surface area contributed by atoms with Crippen molar-refractivity contribution in [3.8, 4) is 0 Å². The molecule has 2 aromatic rings. The second-order valence-corrected chi connectivity index (χ2v) is 3.73. The molecule has 1 atom stereocenters. The predicted molar refractivity (Wildman–Crippen MR) is 65.1 cm³/mol. The van der Waals surface area contributed by atoms with Crippen LogP contribution in [-0.2, 0) is 7.05 Å². The van der Waals surface area contributed by atoms with Crippen molar-refractivity contribution in [3.05, 3.63) is 48.5 Å². The number of aromatic nitrogens is 2. The van der Waals surface area contributed by atoms with Gasteiger partial charge in [-0.05, 0) is 12.1 Å². The number of hydrogen-bond donors (Lipinski definition) is 2. The lowest BCUT2D eigenvalue weighted by molar-refractivity contribution is 0.706.